The molecule has 1 heterocycles. The SMILES string of the molecule is C=C(c1cn(C)c2ccccc12)C(C)Br. The monoisotopic (exact) mass is 263 g/mol. The Morgan fingerprint density at radius 1 is 1.40 bits per heavy atom. The van der Waals surface area contributed by atoms with Crippen LogP contribution in [0.5, 0.6) is 0 Å². The van der Waals surface area contributed by atoms with Crippen LogP contribution in [-0.4, -0.2) is 9.39 Å². The van der Waals surface area contributed by atoms with Crippen molar-refractivity contribution in [2.45, 2.75) is 11.8 Å². The first-order chi connectivity index (χ1) is 7.11. The maximum atomic E-state index is 4.13. The number of hydrogen-bond acceptors (Lipinski definition) is 0. The van der Waals surface area contributed by atoms with Crippen LogP contribution in [-0.2, 0) is 7.05 Å². The Bertz CT molecular complexity index is 508. The Balaban J connectivity index is 2.67. The van der Waals surface area contributed by atoms with Crippen molar-refractivity contribution in [3.05, 3.63) is 42.6 Å². The van der Waals surface area contributed by atoms with Crippen LogP contribution >= 0.6 is 15.9 Å². The van der Waals surface area contributed by atoms with Gasteiger partial charge in [0.05, 0.1) is 0 Å². The summed E-state index contributed by atoms with van der Waals surface area (Å²) in [5, 5.41) is 1.27. The average Bonchev–Trinajstić information content (AvgIpc) is 2.56. The molecule has 0 radical (unpaired) electrons. The Kier molecular flexibility index (Phi) is 2.70. The highest BCUT2D eigenvalue weighted by Gasteiger charge is 2.11. The van der Waals surface area contributed by atoms with Gasteiger partial charge in [0.15, 0.2) is 0 Å². The smallest absolute Gasteiger partial charge is 0.0484 e. The van der Waals surface area contributed by atoms with Gasteiger partial charge in [-0.05, 0) is 18.6 Å². The topological polar surface area (TPSA) is 4.93 Å². The summed E-state index contributed by atoms with van der Waals surface area (Å²) in [4.78, 5) is 0.309. The van der Waals surface area contributed by atoms with E-state index in [1.165, 1.54) is 16.5 Å². The predicted molar refractivity (Wildman–Crippen MR) is 70.3 cm³/mol. The lowest BCUT2D eigenvalue weighted by Crippen LogP contribution is -1.92. The van der Waals surface area contributed by atoms with E-state index in [1.807, 2.05) is 0 Å². The molecule has 0 N–H and O–H groups in total. The molecule has 15 heavy (non-hydrogen) atoms. The first kappa shape index (κ1) is 10.5. The number of nitrogens with zero attached hydrogens (tertiary/aromatic N) is 1. The number of allylic oxidation sites excluding steroid dienone is 1. The van der Waals surface area contributed by atoms with Crippen molar-refractivity contribution in [1.29, 1.82) is 0 Å². The van der Waals surface area contributed by atoms with Gasteiger partial charge in [0, 0.05) is 34.5 Å². The molecule has 1 atom stereocenters. The molecule has 1 unspecified atom stereocenters. The summed E-state index contributed by atoms with van der Waals surface area (Å²) in [6.07, 6.45) is 2.14. The molecule has 2 aromatic rings. The number of fused-ring (bicyclic) bond motifs is 1. The first-order valence-corrected chi connectivity index (χ1v) is 5.90. The number of hydrogen-bond donors (Lipinski definition) is 0. The van der Waals surface area contributed by atoms with Gasteiger partial charge in [-0.25, -0.2) is 0 Å². The maximum Gasteiger partial charge on any atom is 0.0484 e. The van der Waals surface area contributed by atoms with Crippen LogP contribution in [0.3, 0.4) is 0 Å². The summed E-state index contributed by atoms with van der Waals surface area (Å²) in [5.41, 5.74) is 3.62. The third-order valence-electron chi connectivity index (χ3n) is 2.72. The Hall–Kier alpha value is -1.02. The second kappa shape index (κ2) is 3.86. The minimum absolute atomic E-state index is 0.309. The van der Waals surface area contributed by atoms with Gasteiger partial charge in [0.2, 0.25) is 0 Å². The van der Waals surface area contributed by atoms with Crippen molar-refractivity contribution in [2.75, 3.05) is 0 Å². The quantitative estimate of drug-likeness (QED) is 0.723. The molecule has 1 aromatic heterocycles. The lowest BCUT2D eigenvalue weighted by molar-refractivity contribution is 0.966. The largest absolute Gasteiger partial charge is 0.350 e. The standard InChI is InChI=1S/C13H14BrN/c1-9(10(2)14)12-8-15(3)13-7-5-4-6-11(12)13/h4-8,10H,1H2,2-3H3. The Morgan fingerprint density at radius 2 is 2.07 bits per heavy atom. The van der Waals surface area contributed by atoms with Crippen molar-refractivity contribution in [3.8, 4) is 0 Å². The summed E-state index contributed by atoms with van der Waals surface area (Å²) in [6.45, 7) is 6.23. The molecular weight excluding hydrogens is 250 g/mol. The van der Waals surface area contributed by atoms with E-state index in [2.05, 4.69) is 71.5 Å². The molecule has 0 aliphatic carbocycles. The molecule has 1 nitrogen and oxygen atoms in total. The summed E-state index contributed by atoms with van der Waals surface area (Å²) < 4.78 is 2.14. The van der Waals surface area contributed by atoms with Gasteiger partial charge in [-0.3, -0.25) is 0 Å². The number of aromatic nitrogens is 1. The molecule has 0 aliphatic heterocycles. The van der Waals surface area contributed by atoms with Gasteiger partial charge in [0.1, 0.15) is 0 Å². The summed E-state index contributed by atoms with van der Waals surface area (Å²) in [5.74, 6) is 0. The molecule has 0 spiro atoms. The molecule has 0 fully saturated rings. The number of rotatable bonds is 2. The summed E-state index contributed by atoms with van der Waals surface area (Å²) in [7, 11) is 2.07. The zero-order valence-electron chi connectivity index (χ0n) is 9.00. The van der Waals surface area contributed by atoms with Crippen molar-refractivity contribution in [2.24, 2.45) is 7.05 Å². The highest BCUT2D eigenvalue weighted by atomic mass is 79.9. The van der Waals surface area contributed by atoms with Crippen LogP contribution in [0.1, 0.15) is 12.5 Å². The second-order valence-electron chi connectivity index (χ2n) is 3.81. The number of benzene rings is 1. The van der Waals surface area contributed by atoms with E-state index in [0.717, 1.165) is 5.57 Å². The molecule has 2 heteroatoms. The van der Waals surface area contributed by atoms with E-state index in [1.54, 1.807) is 0 Å². The van der Waals surface area contributed by atoms with E-state index in [9.17, 15) is 0 Å². The van der Waals surface area contributed by atoms with E-state index in [4.69, 9.17) is 0 Å². The van der Waals surface area contributed by atoms with Crippen LogP contribution in [0.2, 0.25) is 0 Å². The zero-order chi connectivity index (χ0) is 11.0. The average molecular weight is 264 g/mol. The number of alkyl halides is 1. The van der Waals surface area contributed by atoms with Crippen molar-refractivity contribution >= 4 is 32.4 Å². The number of para-hydroxylation sites is 1. The fourth-order valence-corrected chi connectivity index (χ4v) is 2.06. The van der Waals surface area contributed by atoms with Gasteiger partial charge in [0.25, 0.3) is 0 Å². The molecular formula is C13H14BrN. The van der Waals surface area contributed by atoms with E-state index in [0.29, 0.717) is 4.83 Å². The molecule has 1 aromatic carbocycles. The third-order valence-corrected chi connectivity index (χ3v) is 3.28. The van der Waals surface area contributed by atoms with Crippen molar-refractivity contribution in [3.63, 3.8) is 0 Å². The first-order valence-electron chi connectivity index (χ1n) is 4.98. The minimum atomic E-state index is 0.309. The lowest BCUT2D eigenvalue weighted by Gasteiger charge is -2.05. The second-order valence-corrected chi connectivity index (χ2v) is 5.19. The van der Waals surface area contributed by atoms with Crippen LogP contribution in [0.4, 0.5) is 0 Å². The van der Waals surface area contributed by atoms with Crippen LogP contribution in [0, 0.1) is 0 Å². The highest BCUT2D eigenvalue weighted by molar-refractivity contribution is 9.09. The van der Waals surface area contributed by atoms with Gasteiger partial charge >= 0.3 is 0 Å². The highest BCUT2D eigenvalue weighted by Crippen LogP contribution is 2.29. The molecule has 0 bridgehead atoms. The van der Waals surface area contributed by atoms with Gasteiger partial charge in [-0.1, -0.05) is 40.7 Å². The molecule has 0 saturated carbocycles. The maximum absolute atomic E-state index is 4.13. The molecule has 2 rings (SSSR count). The van der Waals surface area contributed by atoms with Crippen LogP contribution < -0.4 is 0 Å². The van der Waals surface area contributed by atoms with Gasteiger partial charge < -0.3 is 4.57 Å². The third kappa shape index (κ3) is 1.74. The molecule has 0 aliphatic rings. The van der Waals surface area contributed by atoms with Crippen LogP contribution in [0.15, 0.2) is 37.0 Å². The normalized spacial score (nSPS) is 13.0. The lowest BCUT2D eigenvalue weighted by atomic mass is 10.0. The van der Waals surface area contributed by atoms with E-state index >= 15 is 0 Å². The summed E-state index contributed by atoms with van der Waals surface area (Å²) in [6, 6.07) is 8.40. The Morgan fingerprint density at radius 3 is 2.73 bits per heavy atom. The van der Waals surface area contributed by atoms with Gasteiger partial charge in [-0.15, -0.1) is 0 Å². The van der Waals surface area contributed by atoms with Crippen LogP contribution in [0.25, 0.3) is 16.5 Å². The van der Waals surface area contributed by atoms with E-state index < -0.39 is 0 Å². The van der Waals surface area contributed by atoms with Crippen molar-refractivity contribution < 1.29 is 0 Å². The number of aryl methyl sites for hydroxylation is 1. The zero-order valence-corrected chi connectivity index (χ0v) is 10.6. The number of halogens is 1. The predicted octanol–water partition coefficient (Wildman–Crippen LogP) is 3.97. The molecule has 0 saturated heterocycles. The Labute approximate surface area is 98.5 Å². The summed E-state index contributed by atoms with van der Waals surface area (Å²) >= 11 is 3.56. The fraction of sp³-hybridized carbons (Fsp3) is 0.231. The fourth-order valence-electron chi connectivity index (χ4n) is 1.81. The molecule has 78 valence electrons. The van der Waals surface area contributed by atoms with Gasteiger partial charge in [-0.2, -0.15) is 0 Å². The van der Waals surface area contributed by atoms with Crippen molar-refractivity contribution in [1.82, 2.24) is 4.57 Å². The minimum Gasteiger partial charge on any atom is -0.350 e. The molecule has 0 amide bonds. The van der Waals surface area contributed by atoms with E-state index in [-0.39, 0.29) is 0 Å².